The Morgan fingerprint density at radius 2 is 1.55 bits per heavy atom. The normalized spacial score (nSPS) is 11.4. The van der Waals surface area contributed by atoms with Crippen molar-refractivity contribution in [3.05, 3.63) is 48.4 Å². The summed E-state index contributed by atoms with van der Waals surface area (Å²) in [7, 11) is -2.49. The summed E-state index contributed by atoms with van der Waals surface area (Å²) in [5.74, 6) is 0.446. The first kappa shape index (κ1) is 30.5. The highest BCUT2D eigenvalue weighted by molar-refractivity contribution is 7.53. The molecule has 0 spiro atoms. The average Bonchev–Trinajstić information content (AvgIpc) is 2.88. The van der Waals surface area contributed by atoms with Crippen LogP contribution in [0.25, 0.3) is 11.0 Å². The maximum Gasteiger partial charge on any atom is 0.510 e. The van der Waals surface area contributed by atoms with Crippen molar-refractivity contribution in [3.8, 4) is 5.88 Å². The lowest BCUT2D eigenvalue weighted by Gasteiger charge is -2.18. The highest BCUT2D eigenvalue weighted by Crippen LogP contribution is 2.51. The number of nitrogens with zero attached hydrogens (tertiary/aromatic N) is 3. The van der Waals surface area contributed by atoms with Gasteiger partial charge in [0.05, 0.1) is 48.7 Å². The number of rotatable bonds is 13. The van der Waals surface area contributed by atoms with E-state index in [2.05, 4.69) is 20.3 Å². The highest BCUT2D eigenvalue weighted by Gasteiger charge is 2.28. The molecule has 0 amide bonds. The summed E-state index contributed by atoms with van der Waals surface area (Å²) in [6.07, 6.45) is -0.0424. The lowest BCUT2D eigenvalue weighted by atomic mass is 10.2. The largest absolute Gasteiger partial charge is 0.510 e. The zero-order valence-corrected chi connectivity index (χ0v) is 23.6. The number of carbonyl (C=O) groups excluding carboxylic acids is 2. The summed E-state index contributed by atoms with van der Waals surface area (Å²) < 4.78 is 48.3. The van der Waals surface area contributed by atoms with Crippen LogP contribution in [0.4, 0.5) is 21.0 Å². The molecule has 40 heavy (non-hydrogen) atoms. The van der Waals surface area contributed by atoms with Crippen LogP contribution in [-0.4, -0.2) is 60.2 Å². The van der Waals surface area contributed by atoms with Crippen molar-refractivity contribution in [1.29, 1.82) is 0 Å². The third kappa shape index (κ3) is 9.63. The number of anilines is 2. The van der Waals surface area contributed by atoms with E-state index in [0.717, 1.165) is 11.1 Å². The Morgan fingerprint density at radius 3 is 2.10 bits per heavy atom. The number of ether oxygens (including phenoxy) is 5. The van der Waals surface area contributed by atoms with Gasteiger partial charge in [-0.25, -0.2) is 14.6 Å². The van der Waals surface area contributed by atoms with Gasteiger partial charge in [0.1, 0.15) is 0 Å². The molecular formula is C25H31N4O10P. The molecule has 0 bridgehead atoms. The monoisotopic (exact) mass is 578 g/mol. The van der Waals surface area contributed by atoms with Gasteiger partial charge in [0, 0.05) is 17.6 Å². The maximum atomic E-state index is 13.4. The predicted molar refractivity (Wildman–Crippen MR) is 142 cm³/mol. The summed E-state index contributed by atoms with van der Waals surface area (Å²) >= 11 is 0. The molecule has 216 valence electrons. The molecule has 3 aromatic heterocycles. The minimum atomic E-state index is -4.02. The minimum absolute atomic E-state index is 0.319. The van der Waals surface area contributed by atoms with Crippen molar-refractivity contribution >= 4 is 42.3 Å². The van der Waals surface area contributed by atoms with Crippen LogP contribution < -0.4 is 10.1 Å². The van der Waals surface area contributed by atoms with Crippen molar-refractivity contribution in [2.24, 2.45) is 0 Å². The molecule has 1 N–H and O–H groups in total. The molecule has 0 aliphatic rings. The molecule has 3 heterocycles. The second-order valence-corrected chi connectivity index (χ2v) is 10.7. The van der Waals surface area contributed by atoms with E-state index in [1.54, 1.807) is 58.2 Å². The third-order valence-corrected chi connectivity index (χ3v) is 6.47. The lowest BCUT2D eigenvalue weighted by molar-refractivity contribution is -0.0304. The minimum Gasteiger partial charge on any atom is -0.481 e. The van der Waals surface area contributed by atoms with Crippen LogP contribution >= 0.6 is 7.60 Å². The molecule has 0 fully saturated rings. The molecule has 3 rings (SSSR count). The zero-order valence-electron chi connectivity index (χ0n) is 22.7. The van der Waals surface area contributed by atoms with Gasteiger partial charge < -0.3 is 29.0 Å². The van der Waals surface area contributed by atoms with Crippen LogP contribution in [0.5, 0.6) is 5.88 Å². The lowest BCUT2D eigenvalue weighted by Crippen LogP contribution is -2.16. The van der Waals surface area contributed by atoms with E-state index in [-0.39, 0.29) is 6.16 Å². The number of hydrogen-bond donors (Lipinski definition) is 1. The van der Waals surface area contributed by atoms with Crippen LogP contribution in [-0.2, 0) is 38.7 Å². The molecule has 0 radical (unpaired) electrons. The van der Waals surface area contributed by atoms with E-state index in [4.69, 9.17) is 32.7 Å². The molecular weight excluding hydrogens is 547 g/mol. The number of methoxy groups -OCH3 is 1. The van der Waals surface area contributed by atoms with Crippen molar-refractivity contribution in [2.75, 3.05) is 26.0 Å². The number of fused-ring (bicyclic) bond motifs is 1. The van der Waals surface area contributed by atoms with E-state index in [0.29, 0.717) is 22.9 Å². The number of hydrogen-bond acceptors (Lipinski definition) is 14. The summed E-state index contributed by atoms with van der Waals surface area (Å²) in [5.41, 5.74) is 2.20. The van der Waals surface area contributed by atoms with Gasteiger partial charge in [-0.2, -0.15) is 4.98 Å². The molecule has 0 saturated heterocycles. The number of aromatic nitrogens is 3. The second-order valence-electron chi connectivity index (χ2n) is 8.63. The SMILES string of the molecule is COc1ccc2c(Nc3ccc(CP(=O)(OCOC(=O)OC(C)C)OCOC(=O)OC(C)C)nc3)ccnc2n1. The number of nitrogens with one attached hydrogen (secondary N) is 1. The Morgan fingerprint density at radius 1 is 0.900 bits per heavy atom. The van der Waals surface area contributed by atoms with Crippen molar-refractivity contribution < 1.29 is 46.9 Å². The van der Waals surface area contributed by atoms with Gasteiger partial charge in [-0.1, -0.05) is 0 Å². The first-order chi connectivity index (χ1) is 19.1. The highest BCUT2D eigenvalue weighted by atomic mass is 31.2. The fourth-order valence-corrected chi connectivity index (χ4v) is 4.34. The molecule has 0 saturated carbocycles. The zero-order chi connectivity index (χ0) is 29.1. The Balaban J connectivity index is 1.67. The van der Waals surface area contributed by atoms with E-state index < -0.39 is 45.7 Å². The van der Waals surface area contributed by atoms with Gasteiger partial charge in [-0.05, 0) is 52.0 Å². The molecule has 15 heteroatoms. The van der Waals surface area contributed by atoms with Gasteiger partial charge in [-0.3, -0.25) is 18.6 Å². The topological polar surface area (TPSA) is 167 Å². The number of carbonyl (C=O) groups is 2. The average molecular weight is 579 g/mol. The Kier molecular flexibility index (Phi) is 11.0. The molecule has 0 aromatic carbocycles. The number of pyridine rings is 3. The van der Waals surface area contributed by atoms with Gasteiger partial charge in [0.2, 0.25) is 19.5 Å². The first-order valence-corrected chi connectivity index (χ1v) is 13.9. The molecule has 0 aliphatic heterocycles. The van der Waals surface area contributed by atoms with Gasteiger partial charge in [0.15, 0.2) is 5.65 Å². The van der Waals surface area contributed by atoms with Crippen molar-refractivity contribution in [2.45, 2.75) is 46.1 Å². The van der Waals surface area contributed by atoms with Crippen LogP contribution in [0.2, 0.25) is 0 Å². The summed E-state index contributed by atoms with van der Waals surface area (Å²) in [5, 5.41) is 4.01. The van der Waals surface area contributed by atoms with Gasteiger partial charge >= 0.3 is 19.9 Å². The molecule has 0 aliphatic carbocycles. The Hall–Kier alpha value is -4.00. The Labute approximate surface area is 230 Å². The van der Waals surface area contributed by atoms with Crippen molar-refractivity contribution in [1.82, 2.24) is 15.0 Å². The summed E-state index contributed by atoms with van der Waals surface area (Å²) in [4.78, 5) is 36.2. The van der Waals surface area contributed by atoms with E-state index in [9.17, 15) is 14.2 Å². The Bertz CT molecular complexity index is 1300. The van der Waals surface area contributed by atoms with Crippen LogP contribution in [0.1, 0.15) is 33.4 Å². The molecule has 3 aromatic rings. The summed E-state index contributed by atoms with van der Waals surface area (Å²) in [6.45, 7) is 5.09. The smallest absolute Gasteiger partial charge is 0.481 e. The summed E-state index contributed by atoms with van der Waals surface area (Å²) in [6, 6.07) is 8.67. The van der Waals surface area contributed by atoms with E-state index >= 15 is 0 Å². The maximum absolute atomic E-state index is 13.4. The van der Waals surface area contributed by atoms with E-state index in [1.165, 1.54) is 13.3 Å². The van der Waals surface area contributed by atoms with Crippen LogP contribution in [0.3, 0.4) is 0 Å². The fourth-order valence-electron chi connectivity index (χ4n) is 3.07. The van der Waals surface area contributed by atoms with Gasteiger partial charge in [0.25, 0.3) is 0 Å². The molecule has 14 nitrogen and oxygen atoms in total. The first-order valence-electron chi connectivity index (χ1n) is 12.1. The quantitative estimate of drug-likeness (QED) is 0.152. The van der Waals surface area contributed by atoms with Crippen molar-refractivity contribution in [3.63, 3.8) is 0 Å². The second kappa shape index (κ2) is 14.4. The standard InChI is InChI=1S/C25H31N4O10P/c1-16(2)38-24(30)34-14-36-40(32,37-15-35-25(31)39-17(3)4)13-19-7-6-18(12-27-19)28-21-10-11-26-23-20(21)8-9-22(29-23)33-5/h6-12,16-17H,13-15H2,1-5H3,(H,26,28,29). The fraction of sp³-hybridized carbons (Fsp3) is 0.400. The molecule has 0 atom stereocenters. The third-order valence-electron chi connectivity index (χ3n) is 4.76. The van der Waals surface area contributed by atoms with Crippen LogP contribution in [0.15, 0.2) is 42.7 Å². The predicted octanol–water partition coefficient (Wildman–Crippen LogP) is 5.54. The van der Waals surface area contributed by atoms with E-state index in [1.807, 2.05) is 6.07 Å². The van der Waals surface area contributed by atoms with Crippen LogP contribution in [0, 0.1) is 0 Å². The van der Waals surface area contributed by atoms with Gasteiger partial charge in [-0.15, -0.1) is 0 Å². The molecule has 0 unspecified atom stereocenters.